The summed E-state index contributed by atoms with van der Waals surface area (Å²) in [4.78, 5) is 27.5. The molecule has 0 aromatic carbocycles. The van der Waals surface area contributed by atoms with Crippen LogP contribution in [0.1, 0.15) is 20.3 Å². The highest BCUT2D eigenvalue weighted by Crippen LogP contribution is 2.43. The van der Waals surface area contributed by atoms with Crippen molar-refractivity contribution in [3.05, 3.63) is 0 Å². The maximum atomic E-state index is 11.6. The molecular weight excluding hydrogens is 170 g/mol. The minimum Gasteiger partial charge on any atom is -0.299 e. The van der Waals surface area contributed by atoms with Crippen LogP contribution in [0.5, 0.6) is 0 Å². The van der Waals surface area contributed by atoms with Gasteiger partial charge in [0.15, 0.2) is 0 Å². The third-order valence-electron chi connectivity index (χ3n) is 2.86. The molecule has 4 nitrogen and oxygen atoms in total. The molecule has 0 spiro atoms. The van der Waals surface area contributed by atoms with Gasteiger partial charge in [-0.2, -0.15) is 0 Å². The lowest BCUT2D eigenvalue weighted by Gasteiger charge is -2.42. The molecule has 1 fully saturated rings. The first-order chi connectivity index (χ1) is 5.91. The average Bonchev–Trinajstić information content (AvgIpc) is 2.11. The van der Waals surface area contributed by atoms with Gasteiger partial charge in [-0.25, -0.2) is 5.06 Å². The van der Waals surface area contributed by atoms with Gasteiger partial charge >= 0.3 is 0 Å². The first kappa shape index (κ1) is 10.2. The van der Waals surface area contributed by atoms with Gasteiger partial charge in [0.1, 0.15) is 5.78 Å². The minimum atomic E-state index is -0.510. The van der Waals surface area contributed by atoms with Crippen molar-refractivity contribution in [1.82, 2.24) is 5.06 Å². The van der Waals surface area contributed by atoms with Crippen LogP contribution in [0, 0.1) is 11.3 Å². The van der Waals surface area contributed by atoms with Gasteiger partial charge in [0, 0.05) is 18.9 Å². The van der Waals surface area contributed by atoms with Gasteiger partial charge < -0.3 is 0 Å². The monoisotopic (exact) mass is 185 g/mol. The predicted octanol–water partition coefficient (Wildman–Crippen LogP) is 0.621. The third kappa shape index (κ3) is 1.46. The van der Waals surface area contributed by atoms with Crippen LogP contribution in [0.15, 0.2) is 0 Å². The van der Waals surface area contributed by atoms with Gasteiger partial charge in [-0.05, 0) is 0 Å². The van der Waals surface area contributed by atoms with Crippen molar-refractivity contribution in [2.45, 2.75) is 20.3 Å². The fraction of sp³-hybridized carbons (Fsp3) is 0.778. The van der Waals surface area contributed by atoms with Crippen LogP contribution in [0.3, 0.4) is 0 Å². The molecule has 1 aliphatic carbocycles. The second-order valence-corrected chi connectivity index (χ2v) is 3.92. The molecule has 0 aromatic rings. The Labute approximate surface area is 77.8 Å². The zero-order valence-corrected chi connectivity index (χ0v) is 8.46. The van der Waals surface area contributed by atoms with E-state index in [1.807, 2.05) is 0 Å². The van der Waals surface area contributed by atoms with E-state index in [-0.39, 0.29) is 17.6 Å². The number of carbonyl (C=O) groups excluding carboxylic acids is 2. The maximum Gasteiger partial charge on any atom is 0.250 e. The Kier molecular flexibility index (Phi) is 2.43. The molecule has 0 aromatic heterocycles. The van der Waals surface area contributed by atoms with E-state index >= 15 is 0 Å². The number of hydrogen-bond donors (Lipinski definition) is 0. The Morgan fingerprint density at radius 1 is 1.62 bits per heavy atom. The van der Waals surface area contributed by atoms with E-state index in [1.165, 1.54) is 12.2 Å². The quantitative estimate of drug-likeness (QED) is 0.592. The summed E-state index contributed by atoms with van der Waals surface area (Å²) in [5, 5.41) is 1.18. The van der Waals surface area contributed by atoms with E-state index in [1.54, 1.807) is 20.9 Å². The summed E-state index contributed by atoms with van der Waals surface area (Å²) in [5.41, 5.74) is -0.510. The first-order valence-electron chi connectivity index (χ1n) is 4.26. The fourth-order valence-electron chi connectivity index (χ4n) is 1.47. The zero-order chi connectivity index (χ0) is 10.2. The number of hydrogen-bond acceptors (Lipinski definition) is 3. The summed E-state index contributed by atoms with van der Waals surface area (Å²) in [6.07, 6.45) is 0.347. The molecule has 13 heavy (non-hydrogen) atoms. The van der Waals surface area contributed by atoms with Crippen LogP contribution in [-0.2, 0) is 14.4 Å². The van der Waals surface area contributed by atoms with E-state index in [4.69, 9.17) is 4.84 Å². The topological polar surface area (TPSA) is 46.6 Å². The smallest absolute Gasteiger partial charge is 0.250 e. The number of Topliss-reactive ketones (excluding diaryl/α,β-unsaturated/α-hetero) is 1. The molecule has 0 radical (unpaired) electrons. The molecule has 0 heterocycles. The molecule has 1 aliphatic rings. The van der Waals surface area contributed by atoms with Gasteiger partial charge in [0.25, 0.3) is 0 Å². The molecule has 1 unspecified atom stereocenters. The lowest BCUT2D eigenvalue weighted by molar-refractivity contribution is -0.185. The van der Waals surface area contributed by atoms with Gasteiger partial charge in [-0.3, -0.25) is 14.4 Å². The summed E-state index contributed by atoms with van der Waals surface area (Å²) in [7, 11) is 2.99. The lowest BCUT2D eigenvalue weighted by Crippen LogP contribution is -2.53. The standard InChI is InChI=1S/C9H15NO3/c1-9(2)6(5-7(9)11)8(12)10(3)13-4/h6H,5H2,1-4H3. The molecule has 1 saturated carbocycles. The first-order valence-corrected chi connectivity index (χ1v) is 4.26. The highest BCUT2D eigenvalue weighted by molar-refractivity contribution is 6.00. The molecule has 0 N–H and O–H groups in total. The summed E-state index contributed by atoms with van der Waals surface area (Å²) >= 11 is 0. The molecule has 4 heteroatoms. The molecular formula is C9H15NO3. The third-order valence-corrected chi connectivity index (χ3v) is 2.86. The molecule has 0 aliphatic heterocycles. The van der Waals surface area contributed by atoms with Crippen LogP contribution < -0.4 is 0 Å². The zero-order valence-electron chi connectivity index (χ0n) is 8.46. The number of carbonyl (C=O) groups is 2. The normalized spacial score (nSPS) is 25.2. The highest BCUT2D eigenvalue weighted by atomic mass is 16.7. The van der Waals surface area contributed by atoms with E-state index in [0.29, 0.717) is 6.42 Å². The number of rotatable bonds is 2. The van der Waals surface area contributed by atoms with Crippen molar-refractivity contribution in [3.8, 4) is 0 Å². The Morgan fingerprint density at radius 2 is 2.15 bits per heavy atom. The second-order valence-electron chi connectivity index (χ2n) is 3.92. The number of hydroxylamine groups is 2. The van der Waals surface area contributed by atoms with Crippen LogP contribution in [0.25, 0.3) is 0 Å². The Hall–Kier alpha value is -0.900. The van der Waals surface area contributed by atoms with E-state index in [9.17, 15) is 9.59 Å². The van der Waals surface area contributed by atoms with Crippen molar-refractivity contribution < 1.29 is 14.4 Å². The van der Waals surface area contributed by atoms with Crippen LogP contribution in [0.4, 0.5) is 0 Å². The largest absolute Gasteiger partial charge is 0.299 e. The lowest BCUT2D eigenvalue weighted by atomic mass is 9.61. The van der Waals surface area contributed by atoms with Gasteiger partial charge in [0.05, 0.1) is 13.0 Å². The Balaban J connectivity index is 2.66. The van der Waals surface area contributed by atoms with Crippen LogP contribution in [0.2, 0.25) is 0 Å². The predicted molar refractivity (Wildman–Crippen MR) is 46.7 cm³/mol. The Bertz CT molecular complexity index is 247. The van der Waals surface area contributed by atoms with E-state index in [0.717, 1.165) is 0 Å². The number of amides is 1. The van der Waals surface area contributed by atoms with Crippen molar-refractivity contribution in [2.75, 3.05) is 14.2 Å². The van der Waals surface area contributed by atoms with Crippen LogP contribution >= 0.6 is 0 Å². The average molecular weight is 185 g/mol. The van der Waals surface area contributed by atoms with Crippen LogP contribution in [-0.4, -0.2) is 30.9 Å². The second kappa shape index (κ2) is 3.10. The molecule has 0 saturated heterocycles. The highest BCUT2D eigenvalue weighted by Gasteiger charge is 2.52. The molecule has 0 bridgehead atoms. The molecule has 1 atom stereocenters. The van der Waals surface area contributed by atoms with E-state index < -0.39 is 5.41 Å². The summed E-state index contributed by atoms with van der Waals surface area (Å²) in [6, 6.07) is 0. The summed E-state index contributed by atoms with van der Waals surface area (Å²) < 4.78 is 0. The number of nitrogens with zero attached hydrogens (tertiary/aromatic N) is 1. The van der Waals surface area contributed by atoms with Gasteiger partial charge in [-0.15, -0.1) is 0 Å². The van der Waals surface area contributed by atoms with E-state index in [2.05, 4.69) is 0 Å². The number of ketones is 1. The van der Waals surface area contributed by atoms with Crippen molar-refractivity contribution in [3.63, 3.8) is 0 Å². The van der Waals surface area contributed by atoms with Gasteiger partial charge in [-0.1, -0.05) is 13.8 Å². The maximum absolute atomic E-state index is 11.6. The van der Waals surface area contributed by atoms with Gasteiger partial charge in [0.2, 0.25) is 5.91 Å². The molecule has 1 amide bonds. The Morgan fingerprint density at radius 3 is 2.46 bits per heavy atom. The van der Waals surface area contributed by atoms with Crippen molar-refractivity contribution >= 4 is 11.7 Å². The minimum absolute atomic E-state index is 0.118. The van der Waals surface area contributed by atoms with Crippen molar-refractivity contribution in [1.29, 1.82) is 0 Å². The SMILES string of the molecule is CON(C)C(=O)C1CC(=O)C1(C)C. The summed E-state index contributed by atoms with van der Waals surface area (Å²) in [5.74, 6) is -0.188. The van der Waals surface area contributed by atoms with Crippen molar-refractivity contribution in [2.24, 2.45) is 11.3 Å². The summed E-state index contributed by atoms with van der Waals surface area (Å²) in [6.45, 7) is 3.59. The molecule has 74 valence electrons. The fourth-order valence-corrected chi connectivity index (χ4v) is 1.47. The molecule has 1 rings (SSSR count).